The highest BCUT2D eigenvalue weighted by atomic mass is 16.3. The lowest BCUT2D eigenvalue weighted by atomic mass is 10.0. The third kappa shape index (κ3) is 4.39. The molecule has 7 heteroatoms. The van der Waals surface area contributed by atoms with E-state index in [4.69, 9.17) is 10.2 Å². The van der Waals surface area contributed by atoms with E-state index in [1.165, 1.54) is 0 Å². The van der Waals surface area contributed by atoms with Crippen LogP contribution in [-0.2, 0) is 19.5 Å². The maximum Gasteiger partial charge on any atom is 0.330 e. The number of aliphatic hydroxyl groups is 1. The number of hydrogen-bond donors (Lipinski definition) is 2. The zero-order chi connectivity index (χ0) is 22.7. The summed E-state index contributed by atoms with van der Waals surface area (Å²) in [7, 11) is 0. The van der Waals surface area contributed by atoms with Gasteiger partial charge in [0, 0.05) is 13.2 Å². The summed E-state index contributed by atoms with van der Waals surface area (Å²) in [5, 5.41) is 16.7. The SMILES string of the molecule is CC(C)Cn1c(=O)[nH]c(=O)c2c(CCCCCO)n(Cc3cccc4ccccc34)nc21. The average molecular weight is 435 g/mol. The van der Waals surface area contributed by atoms with Crippen LogP contribution < -0.4 is 11.2 Å². The average Bonchev–Trinajstić information content (AvgIpc) is 3.13. The van der Waals surface area contributed by atoms with Crippen molar-refractivity contribution in [1.29, 1.82) is 0 Å². The Hall–Kier alpha value is -3.19. The minimum atomic E-state index is -0.419. The van der Waals surface area contributed by atoms with Crippen LogP contribution >= 0.6 is 0 Å². The van der Waals surface area contributed by atoms with Gasteiger partial charge in [-0.05, 0) is 41.5 Å². The Balaban J connectivity index is 1.87. The van der Waals surface area contributed by atoms with Crippen LogP contribution in [0.15, 0.2) is 52.1 Å². The standard InChI is InChI=1S/C25H30N4O3/c1-17(2)15-28-23-22(24(31)26-25(28)32)21(13-4-3-7-14-30)29(27-23)16-19-11-8-10-18-9-5-6-12-20(18)19/h5-6,8-12,17,30H,3-4,7,13-16H2,1-2H3,(H,26,31,32). The molecule has 0 amide bonds. The van der Waals surface area contributed by atoms with E-state index in [-0.39, 0.29) is 18.1 Å². The van der Waals surface area contributed by atoms with Gasteiger partial charge in [-0.2, -0.15) is 5.10 Å². The number of hydrogen-bond acceptors (Lipinski definition) is 4. The first kappa shape index (κ1) is 22.0. The van der Waals surface area contributed by atoms with Crippen molar-refractivity contribution >= 4 is 21.8 Å². The van der Waals surface area contributed by atoms with Crippen LogP contribution in [0.1, 0.15) is 44.4 Å². The number of aromatic nitrogens is 4. The van der Waals surface area contributed by atoms with Crippen LogP contribution in [0.2, 0.25) is 0 Å². The molecule has 2 aromatic carbocycles. The minimum Gasteiger partial charge on any atom is -0.396 e. The van der Waals surface area contributed by atoms with Crippen LogP contribution in [0.3, 0.4) is 0 Å². The number of fused-ring (bicyclic) bond motifs is 2. The second-order valence-electron chi connectivity index (χ2n) is 8.74. The lowest BCUT2D eigenvalue weighted by Crippen LogP contribution is -2.31. The fourth-order valence-electron chi connectivity index (χ4n) is 4.32. The molecule has 0 radical (unpaired) electrons. The molecule has 4 rings (SSSR count). The Kier molecular flexibility index (Phi) is 6.55. The lowest BCUT2D eigenvalue weighted by Gasteiger charge is -2.10. The zero-order valence-corrected chi connectivity index (χ0v) is 18.7. The largest absolute Gasteiger partial charge is 0.396 e. The van der Waals surface area contributed by atoms with E-state index >= 15 is 0 Å². The molecule has 0 saturated heterocycles. The number of nitrogens with one attached hydrogen (secondary N) is 1. The molecule has 2 N–H and O–H groups in total. The Morgan fingerprint density at radius 1 is 1.03 bits per heavy atom. The topological polar surface area (TPSA) is 92.9 Å². The summed E-state index contributed by atoms with van der Waals surface area (Å²) in [4.78, 5) is 27.9. The first-order chi connectivity index (χ1) is 15.5. The van der Waals surface area contributed by atoms with E-state index in [0.717, 1.165) is 41.3 Å². The van der Waals surface area contributed by atoms with Crippen LogP contribution in [-0.4, -0.2) is 31.0 Å². The van der Waals surface area contributed by atoms with Crippen molar-refractivity contribution in [2.24, 2.45) is 5.92 Å². The number of aromatic amines is 1. The maximum absolute atomic E-state index is 12.9. The molecule has 0 saturated carbocycles. The van der Waals surface area contributed by atoms with Crippen LogP contribution in [0.4, 0.5) is 0 Å². The van der Waals surface area contributed by atoms with Gasteiger partial charge in [-0.25, -0.2) is 4.79 Å². The van der Waals surface area contributed by atoms with Crippen molar-refractivity contribution in [3.8, 4) is 0 Å². The number of rotatable bonds is 9. The normalized spacial score (nSPS) is 11.8. The Bertz CT molecular complexity index is 1340. The van der Waals surface area contributed by atoms with Gasteiger partial charge < -0.3 is 5.11 Å². The Morgan fingerprint density at radius 3 is 2.59 bits per heavy atom. The van der Waals surface area contributed by atoms with Gasteiger partial charge in [-0.1, -0.05) is 62.7 Å². The summed E-state index contributed by atoms with van der Waals surface area (Å²) < 4.78 is 3.47. The number of H-pyrrole nitrogens is 1. The maximum atomic E-state index is 12.9. The van der Waals surface area contributed by atoms with E-state index < -0.39 is 5.69 Å². The van der Waals surface area contributed by atoms with Crippen LogP contribution in [0.5, 0.6) is 0 Å². The molecular weight excluding hydrogens is 404 g/mol. The van der Waals surface area contributed by atoms with Crippen molar-refractivity contribution in [3.63, 3.8) is 0 Å². The fraction of sp³-hybridized carbons (Fsp3) is 0.400. The molecule has 0 aliphatic rings. The highest BCUT2D eigenvalue weighted by Crippen LogP contribution is 2.23. The quantitative estimate of drug-likeness (QED) is 0.395. The molecule has 168 valence electrons. The third-order valence-electron chi connectivity index (χ3n) is 5.81. The van der Waals surface area contributed by atoms with Gasteiger partial charge in [0.2, 0.25) is 0 Å². The number of benzene rings is 2. The summed E-state index contributed by atoms with van der Waals surface area (Å²) in [5.74, 6) is 0.234. The molecule has 0 aliphatic carbocycles. The van der Waals surface area contributed by atoms with E-state index in [1.807, 2.05) is 36.7 Å². The molecular formula is C25H30N4O3. The first-order valence-corrected chi connectivity index (χ1v) is 11.3. The highest BCUT2D eigenvalue weighted by molar-refractivity contribution is 5.85. The molecule has 4 aromatic rings. The van der Waals surface area contributed by atoms with E-state index in [9.17, 15) is 9.59 Å². The third-order valence-corrected chi connectivity index (χ3v) is 5.81. The van der Waals surface area contributed by atoms with E-state index in [0.29, 0.717) is 30.5 Å². The van der Waals surface area contributed by atoms with Crippen LogP contribution in [0, 0.1) is 5.92 Å². The molecule has 0 spiro atoms. The van der Waals surface area contributed by atoms with Gasteiger partial charge in [-0.15, -0.1) is 0 Å². The second-order valence-corrected chi connectivity index (χ2v) is 8.74. The Morgan fingerprint density at radius 2 is 1.81 bits per heavy atom. The fourth-order valence-corrected chi connectivity index (χ4v) is 4.32. The monoisotopic (exact) mass is 434 g/mol. The van der Waals surface area contributed by atoms with E-state index in [1.54, 1.807) is 4.57 Å². The molecule has 0 fully saturated rings. The number of nitrogens with zero attached hydrogens (tertiary/aromatic N) is 3. The molecule has 2 heterocycles. The lowest BCUT2D eigenvalue weighted by molar-refractivity contribution is 0.283. The molecule has 0 unspecified atom stereocenters. The van der Waals surface area contributed by atoms with Gasteiger partial charge in [0.05, 0.1) is 12.2 Å². The molecule has 2 aromatic heterocycles. The summed E-state index contributed by atoms with van der Waals surface area (Å²) in [6.45, 7) is 5.23. The van der Waals surface area contributed by atoms with Crippen molar-refractivity contribution in [2.45, 2.75) is 52.6 Å². The molecule has 7 nitrogen and oxygen atoms in total. The molecule has 0 aliphatic heterocycles. The molecule has 0 bridgehead atoms. The predicted octanol–water partition coefficient (Wildman–Crippen LogP) is 3.45. The summed E-state index contributed by atoms with van der Waals surface area (Å²) in [6, 6.07) is 14.4. The van der Waals surface area contributed by atoms with Crippen molar-refractivity contribution in [2.75, 3.05) is 6.61 Å². The van der Waals surface area contributed by atoms with Gasteiger partial charge in [0.25, 0.3) is 5.56 Å². The van der Waals surface area contributed by atoms with Gasteiger partial charge >= 0.3 is 5.69 Å². The van der Waals surface area contributed by atoms with Crippen molar-refractivity contribution in [3.05, 3.63) is 74.6 Å². The summed E-state index contributed by atoms with van der Waals surface area (Å²) in [6.07, 6.45) is 3.08. The first-order valence-electron chi connectivity index (χ1n) is 11.3. The minimum absolute atomic E-state index is 0.157. The number of unbranched alkanes of at least 4 members (excludes halogenated alkanes) is 2. The highest BCUT2D eigenvalue weighted by Gasteiger charge is 2.20. The zero-order valence-electron chi connectivity index (χ0n) is 18.7. The molecule has 0 atom stereocenters. The second kappa shape index (κ2) is 9.53. The van der Waals surface area contributed by atoms with Gasteiger partial charge in [-0.3, -0.25) is 19.0 Å². The van der Waals surface area contributed by atoms with Crippen LogP contribution in [0.25, 0.3) is 21.8 Å². The smallest absolute Gasteiger partial charge is 0.330 e. The number of aliphatic hydroxyl groups excluding tert-OH is 1. The Labute approximate surface area is 186 Å². The van der Waals surface area contributed by atoms with E-state index in [2.05, 4.69) is 29.2 Å². The molecule has 32 heavy (non-hydrogen) atoms. The van der Waals surface area contributed by atoms with Crippen molar-refractivity contribution in [1.82, 2.24) is 19.3 Å². The summed E-state index contributed by atoms with van der Waals surface area (Å²) >= 11 is 0. The van der Waals surface area contributed by atoms with Gasteiger partial charge in [0.1, 0.15) is 5.39 Å². The van der Waals surface area contributed by atoms with Crippen molar-refractivity contribution < 1.29 is 5.11 Å². The predicted molar refractivity (Wildman–Crippen MR) is 127 cm³/mol. The summed E-state index contributed by atoms with van der Waals surface area (Å²) in [5.41, 5.74) is 1.60. The van der Waals surface area contributed by atoms with Gasteiger partial charge in [0.15, 0.2) is 5.65 Å². The number of aryl methyl sites for hydroxylation is 1.